The third-order valence-corrected chi connectivity index (χ3v) is 1.79. The van der Waals surface area contributed by atoms with E-state index in [-0.39, 0.29) is 0 Å². The van der Waals surface area contributed by atoms with Gasteiger partial charge in [0.2, 0.25) is 5.88 Å². The predicted octanol–water partition coefficient (Wildman–Crippen LogP) is 2.90. The molecule has 0 radical (unpaired) electrons. The predicted molar refractivity (Wildman–Crippen MR) is 54.8 cm³/mol. The second-order valence-corrected chi connectivity index (χ2v) is 2.79. The molecule has 0 amide bonds. The Morgan fingerprint density at radius 3 is 2.86 bits per heavy atom. The van der Waals surface area contributed by atoms with Gasteiger partial charge in [-0.05, 0) is 24.6 Å². The Bertz CT molecular complexity index is 372. The summed E-state index contributed by atoms with van der Waals surface area (Å²) in [5.74, 6) is 0.0626. The molecule has 2 nitrogen and oxygen atoms in total. The summed E-state index contributed by atoms with van der Waals surface area (Å²) >= 11 is 0. The van der Waals surface area contributed by atoms with Crippen LogP contribution in [0.2, 0.25) is 0 Å². The number of ether oxygens (including phenoxy) is 1. The molecule has 0 fully saturated rings. The maximum absolute atomic E-state index is 12.9. The Hall–Kier alpha value is -1.64. The van der Waals surface area contributed by atoms with Gasteiger partial charge in [-0.3, -0.25) is 0 Å². The van der Waals surface area contributed by atoms with E-state index in [1.807, 2.05) is 13.0 Å². The lowest BCUT2D eigenvalue weighted by Gasteiger charge is -2.02. The third-order valence-electron chi connectivity index (χ3n) is 1.79. The van der Waals surface area contributed by atoms with Crippen LogP contribution in [0.25, 0.3) is 6.08 Å². The summed E-state index contributed by atoms with van der Waals surface area (Å²) in [4.78, 5) is 4.09. The summed E-state index contributed by atoms with van der Waals surface area (Å²) in [5, 5.41) is 0. The standard InChI is InChI=1S/C11H12FNO/c1-4-9(12)7-10-8(2)5-6-11(13-10)14-3/h4-7H,1H2,2-3H3/b9-7+. The Balaban J connectivity index is 3.12. The number of halogens is 1. The fraction of sp³-hybridized carbons (Fsp3) is 0.182. The largest absolute Gasteiger partial charge is 0.481 e. The van der Waals surface area contributed by atoms with Gasteiger partial charge in [-0.2, -0.15) is 0 Å². The van der Waals surface area contributed by atoms with Gasteiger partial charge >= 0.3 is 0 Å². The van der Waals surface area contributed by atoms with E-state index in [9.17, 15) is 4.39 Å². The average Bonchev–Trinajstić information content (AvgIpc) is 2.21. The highest BCUT2D eigenvalue weighted by molar-refractivity contribution is 5.53. The first-order valence-electron chi connectivity index (χ1n) is 4.18. The molecule has 3 heteroatoms. The molecule has 0 aliphatic heterocycles. The minimum absolute atomic E-state index is 0.408. The van der Waals surface area contributed by atoms with Crippen LogP contribution in [0.1, 0.15) is 11.3 Å². The Kier molecular flexibility index (Phi) is 3.40. The second kappa shape index (κ2) is 4.56. The van der Waals surface area contributed by atoms with Crippen molar-refractivity contribution in [3.8, 4) is 5.88 Å². The van der Waals surface area contributed by atoms with Gasteiger partial charge in [0.1, 0.15) is 5.83 Å². The highest BCUT2D eigenvalue weighted by atomic mass is 19.1. The summed E-state index contributed by atoms with van der Waals surface area (Å²) in [5.41, 5.74) is 1.45. The van der Waals surface area contributed by atoms with E-state index in [2.05, 4.69) is 11.6 Å². The molecule has 0 N–H and O–H groups in total. The number of rotatable bonds is 3. The van der Waals surface area contributed by atoms with E-state index in [1.54, 1.807) is 6.07 Å². The molecule has 1 rings (SSSR count). The fourth-order valence-electron chi connectivity index (χ4n) is 0.975. The van der Waals surface area contributed by atoms with Crippen LogP contribution in [0, 0.1) is 6.92 Å². The zero-order chi connectivity index (χ0) is 10.6. The van der Waals surface area contributed by atoms with Crippen molar-refractivity contribution in [3.63, 3.8) is 0 Å². The Morgan fingerprint density at radius 1 is 1.57 bits per heavy atom. The number of aromatic nitrogens is 1. The molecule has 0 unspecified atom stereocenters. The number of methoxy groups -OCH3 is 1. The van der Waals surface area contributed by atoms with Crippen LogP contribution in [-0.2, 0) is 0 Å². The monoisotopic (exact) mass is 193 g/mol. The van der Waals surface area contributed by atoms with Crippen molar-refractivity contribution in [1.29, 1.82) is 0 Å². The molecule has 0 aliphatic rings. The SMILES string of the molecule is C=C/C(F)=C\c1nc(OC)ccc1C. The molecule has 14 heavy (non-hydrogen) atoms. The molecule has 0 spiro atoms. The number of allylic oxidation sites excluding steroid dienone is 2. The van der Waals surface area contributed by atoms with Crippen LogP contribution in [0.4, 0.5) is 4.39 Å². The van der Waals surface area contributed by atoms with Gasteiger partial charge in [0.25, 0.3) is 0 Å². The first-order valence-corrected chi connectivity index (χ1v) is 4.18. The quantitative estimate of drug-likeness (QED) is 0.688. The maximum Gasteiger partial charge on any atom is 0.213 e. The molecule has 0 saturated heterocycles. The maximum atomic E-state index is 12.9. The molecule has 1 heterocycles. The van der Waals surface area contributed by atoms with Crippen molar-refractivity contribution in [2.45, 2.75) is 6.92 Å². The lowest BCUT2D eigenvalue weighted by atomic mass is 10.2. The normalized spacial score (nSPS) is 11.2. The minimum atomic E-state index is -0.408. The van der Waals surface area contributed by atoms with Crippen molar-refractivity contribution in [3.05, 3.63) is 41.9 Å². The summed E-state index contributed by atoms with van der Waals surface area (Å²) in [7, 11) is 1.52. The van der Waals surface area contributed by atoms with Gasteiger partial charge in [0.15, 0.2) is 0 Å². The lowest BCUT2D eigenvalue weighted by molar-refractivity contribution is 0.397. The fourth-order valence-corrected chi connectivity index (χ4v) is 0.975. The van der Waals surface area contributed by atoms with Crippen molar-refractivity contribution in [2.75, 3.05) is 7.11 Å². The van der Waals surface area contributed by atoms with Crippen LogP contribution in [0.5, 0.6) is 5.88 Å². The number of hydrogen-bond donors (Lipinski definition) is 0. The molecule has 0 bridgehead atoms. The zero-order valence-corrected chi connectivity index (χ0v) is 8.25. The van der Waals surface area contributed by atoms with E-state index in [1.165, 1.54) is 13.2 Å². The molecule has 1 aromatic rings. The summed E-state index contributed by atoms with van der Waals surface area (Å²) in [6, 6.07) is 3.56. The van der Waals surface area contributed by atoms with Crippen molar-refractivity contribution >= 4 is 6.08 Å². The highest BCUT2D eigenvalue weighted by Gasteiger charge is 2.00. The van der Waals surface area contributed by atoms with Gasteiger partial charge < -0.3 is 4.74 Å². The number of nitrogens with zero attached hydrogens (tertiary/aromatic N) is 1. The number of aryl methyl sites for hydroxylation is 1. The molecular weight excluding hydrogens is 181 g/mol. The summed E-state index contributed by atoms with van der Waals surface area (Å²) < 4.78 is 17.8. The first-order chi connectivity index (χ1) is 6.67. The Morgan fingerprint density at radius 2 is 2.29 bits per heavy atom. The zero-order valence-electron chi connectivity index (χ0n) is 8.25. The van der Waals surface area contributed by atoms with E-state index in [0.717, 1.165) is 11.6 Å². The van der Waals surface area contributed by atoms with E-state index < -0.39 is 5.83 Å². The van der Waals surface area contributed by atoms with Gasteiger partial charge in [-0.25, -0.2) is 9.37 Å². The molecule has 0 saturated carbocycles. The number of hydrogen-bond acceptors (Lipinski definition) is 2. The molecule has 1 aromatic heterocycles. The topological polar surface area (TPSA) is 22.1 Å². The van der Waals surface area contributed by atoms with Gasteiger partial charge in [0, 0.05) is 6.07 Å². The lowest BCUT2D eigenvalue weighted by Crippen LogP contribution is -1.92. The van der Waals surface area contributed by atoms with Gasteiger partial charge in [-0.15, -0.1) is 0 Å². The van der Waals surface area contributed by atoms with E-state index in [0.29, 0.717) is 11.6 Å². The number of pyridine rings is 1. The van der Waals surface area contributed by atoms with Gasteiger partial charge in [-0.1, -0.05) is 12.6 Å². The molecule has 0 aromatic carbocycles. The molecule has 0 atom stereocenters. The van der Waals surface area contributed by atoms with Crippen molar-refractivity contribution < 1.29 is 9.13 Å². The van der Waals surface area contributed by atoms with Gasteiger partial charge in [0.05, 0.1) is 12.8 Å². The first kappa shape index (κ1) is 10.4. The van der Waals surface area contributed by atoms with Crippen molar-refractivity contribution in [2.24, 2.45) is 0 Å². The average molecular weight is 193 g/mol. The van der Waals surface area contributed by atoms with Crippen LogP contribution >= 0.6 is 0 Å². The van der Waals surface area contributed by atoms with Crippen molar-refractivity contribution in [1.82, 2.24) is 4.98 Å². The van der Waals surface area contributed by atoms with Crippen LogP contribution in [0.3, 0.4) is 0 Å². The van der Waals surface area contributed by atoms with E-state index in [4.69, 9.17) is 4.74 Å². The highest BCUT2D eigenvalue weighted by Crippen LogP contribution is 2.15. The Labute approximate surface area is 82.7 Å². The summed E-state index contributed by atoms with van der Waals surface area (Å²) in [6.45, 7) is 5.18. The van der Waals surface area contributed by atoms with Crippen LogP contribution in [-0.4, -0.2) is 12.1 Å². The summed E-state index contributed by atoms with van der Waals surface area (Å²) in [6.07, 6.45) is 2.46. The minimum Gasteiger partial charge on any atom is -0.481 e. The van der Waals surface area contributed by atoms with Crippen LogP contribution in [0.15, 0.2) is 30.6 Å². The second-order valence-electron chi connectivity index (χ2n) is 2.79. The molecule has 74 valence electrons. The molecular formula is C11H12FNO. The van der Waals surface area contributed by atoms with E-state index >= 15 is 0 Å². The van der Waals surface area contributed by atoms with Crippen LogP contribution < -0.4 is 4.74 Å². The third kappa shape index (κ3) is 2.42. The molecule has 0 aliphatic carbocycles. The smallest absolute Gasteiger partial charge is 0.213 e.